The van der Waals surface area contributed by atoms with E-state index in [4.69, 9.17) is 0 Å². The third kappa shape index (κ3) is 4.34. The summed E-state index contributed by atoms with van der Waals surface area (Å²) in [6.45, 7) is 6.90. The fourth-order valence-electron chi connectivity index (χ4n) is 3.31. The minimum absolute atomic E-state index is 0.220. The molecule has 0 saturated heterocycles. The number of carbonyl (C=O) groups excluding carboxylic acids is 1. The van der Waals surface area contributed by atoms with Crippen molar-refractivity contribution in [3.63, 3.8) is 0 Å². The quantitative estimate of drug-likeness (QED) is 0.875. The lowest BCUT2D eigenvalue weighted by Crippen LogP contribution is -2.46. The molecular formula is C17H27NOS. The predicted molar refractivity (Wildman–Crippen MR) is 86.0 cm³/mol. The van der Waals surface area contributed by atoms with Gasteiger partial charge >= 0.3 is 0 Å². The Morgan fingerprint density at radius 1 is 1.35 bits per heavy atom. The van der Waals surface area contributed by atoms with Gasteiger partial charge < -0.3 is 5.32 Å². The number of hydrogen-bond acceptors (Lipinski definition) is 2. The van der Waals surface area contributed by atoms with Crippen molar-refractivity contribution >= 4 is 17.2 Å². The number of hydrogen-bond donors (Lipinski definition) is 1. The molecule has 2 nitrogen and oxygen atoms in total. The van der Waals surface area contributed by atoms with Crippen LogP contribution in [-0.4, -0.2) is 11.9 Å². The highest BCUT2D eigenvalue weighted by atomic mass is 32.1. The van der Waals surface area contributed by atoms with Gasteiger partial charge in [-0.1, -0.05) is 33.6 Å². The Bertz CT molecular complexity index is 419. The first kappa shape index (κ1) is 15.6. The smallest absolute Gasteiger partial charge is 0.220 e. The number of nitrogens with one attached hydrogen (secondary N) is 1. The second kappa shape index (κ2) is 6.75. The van der Waals surface area contributed by atoms with Crippen molar-refractivity contribution in [2.24, 2.45) is 11.3 Å². The molecule has 2 unspecified atom stereocenters. The zero-order chi connectivity index (χ0) is 14.6. The molecule has 1 aliphatic carbocycles. The van der Waals surface area contributed by atoms with Crippen molar-refractivity contribution in [3.05, 3.63) is 22.4 Å². The van der Waals surface area contributed by atoms with E-state index in [0.29, 0.717) is 18.4 Å². The van der Waals surface area contributed by atoms with E-state index in [2.05, 4.69) is 42.9 Å². The van der Waals surface area contributed by atoms with Gasteiger partial charge in [0.25, 0.3) is 0 Å². The van der Waals surface area contributed by atoms with Gasteiger partial charge in [0.2, 0.25) is 5.91 Å². The minimum Gasteiger partial charge on any atom is -0.353 e. The number of aryl methyl sites for hydroxylation is 1. The Morgan fingerprint density at radius 3 is 2.75 bits per heavy atom. The molecule has 1 aromatic rings. The maximum atomic E-state index is 12.2. The highest BCUT2D eigenvalue weighted by molar-refractivity contribution is 7.07. The van der Waals surface area contributed by atoms with Crippen molar-refractivity contribution < 1.29 is 4.79 Å². The Morgan fingerprint density at radius 2 is 2.10 bits per heavy atom. The van der Waals surface area contributed by atoms with Gasteiger partial charge in [-0.2, -0.15) is 11.3 Å². The molecule has 0 spiro atoms. The van der Waals surface area contributed by atoms with Gasteiger partial charge in [0, 0.05) is 12.5 Å². The van der Waals surface area contributed by atoms with Crippen LogP contribution in [0.5, 0.6) is 0 Å². The third-order valence-electron chi connectivity index (χ3n) is 4.45. The summed E-state index contributed by atoms with van der Waals surface area (Å²) in [5.74, 6) is 0.832. The summed E-state index contributed by atoms with van der Waals surface area (Å²) >= 11 is 1.70. The van der Waals surface area contributed by atoms with Crippen molar-refractivity contribution in [3.8, 4) is 0 Å². The maximum Gasteiger partial charge on any atom is 0.220 e. The molecule has 1 N–H and O–H groups in total. The fraction of sp³-hybridized carbons (Fsp3) is 0.706. The van der Waals surface area contributed by atoms with Crippen LogP contribution in [0, 0.1) is 11.3 Å². The van der Waals surface area contributed by atoms with Crippen LogP contribution in [-0.2, 0) is 11.2 Å². The van der Waals surface area contributed by atoms with Gasteiger partial charge in [0.05, 0.1) is 0 Å². The van der Waals surface area contributed by atoms with Crippen LogP contribution in [0.1, 0.15) is 58.4 Å². The molecule has 112 valence electrons. The molecular weight excluding hydrogens is 266 g/mol. The van der Waals surface area contributed by atoms with Gasteiger partial charge in [-0.05, 0) is 53.0 Å². The maximum absolute atomic E-state index is 12.2. The van der Waals surface area contributed by atoms with Gasteiger partial charge in [0.1, 0.15) is 0 Å². The first-order chi connectivity index (χ1) is 9.47. The molecule has 0 radical (unpaired) electrons. The summed E-state index contributed by atoms with van der Waals surface area (Å²) in [5.41, 5.74) is 1.56. The van der Waals surface area contributed by atoms with Crippen molar-refractivity contribution in [2.45, 2.75) is 65.3 Å². The Labute approximate surface area is 127 Å². The van der Waals surface area contributed by atoms with Gasteiger partial charge in [0.15, 0.2) is 0 Å². The molecule has 2 atom stereocenters. The molecule has 20 heavy (non-hydrogen) atoms. The lowest BCUT2D eigenvalue weighted by Gasteiger charge is -2.40. The molecule has 1 aliphatic rings. The van der Waals surface area contributed by atoms with E-state index in [0.717, 1.165) is 12.8 Å². The molecule has 2 rings (SSSR count). The summed E-state index contributed by atoms with van der Waals surface area (Å²) in [5, 5.41) is 7.51. The van der Waals surface area contributed by atoms with E-state index in [9.17, 15) is 4.79 Å². The van der Waals surface area contributed by atoms with E-state index in [1.807, 2.05) is 0 Å². The monoisotopic (exact) mass is 293 g/mol. The van der Waals surface area contributed by atoms with E-state index >= 15 is 0 Å². The minimum atomic E-state index is 0.220. The summed E-state index contributed by atoms with van der Waals surface area (Å²) in [7, 11) is 0. The van der Waals surface area contributed by atoms with Crippen molar-refractivity contribution in [2.75, 3.05) is 0 Å². The summed E-state index contributed by atoms with van der Waals surface area (Å²) < 4.78 is 0. The molecule has 1 saturated carbocycles. The first-order valence-corrected chi connectivity index (χ1v) is 8.71. The van der Waals surface area contributed by atoms with Gasteiger partial charge in [-0.15, -0.1) is 0 Å². The second-order valence-electron chi connectivity index (χ2n) is 7.06. The summed E-state index contributed by atoms with van der Waals surface area (Å²) in [6, 6.07) is 2.48. The topological polar surface area (TPSA) is 29.1 Å². The standard InChI is InChI=1S/C17H27NOS/c1-17(2,3)14-6-4-5-7-15(14)18-16(19)9-8-13-10-11-20-12-13/h10-12,14-15H,4-9H2,1-3H3,(H,18,19). The largest absolute Gasteiger partial charge is 0.353 e. The zero-order valence-corrected chi connectivity index (χ0v) is 13.8. The number of rotatable bonds is 4. The summed E-state index contributed by atoms with van der Waals surface area (Å²) in [4.78, 5) is 12.2. The molecule has 0 aromatic carbocycles. The zero-order valence-electron chi connectivity index (χ0n) is 12.9. The van der Waals surface area contributed by atoms with Crippen LogP contribution >= 0.6 is 11.3 Å². The van der Waals surface area contributed by atoms with Crippen LogP contribution < -0.4 is 5.32 Å². The van der Waals surface area contributed by atoms with Crippen molar-refractivity contribution in [1.82, 2.24) is 5.32 Å². The first-order valence-electron chi connectivity index (χ1n) is 7.77. The van der Waals surface area contributed by atoms with E-state index < -0.39 is 0 Å². The predicted octanol–water partition coefficient (Wildman–Crippen LogP) is 4.40. The Kier molecular flexibility index (Phi) is 5.25. The normalized spacial score (nSPS) is 23.6. The fourth-order valence-corrected chi connectivity index (χ4v) is 4.02. The van der Waals surface area contributed by atoms with E-state index in [1.165, 1.54) is 24.8 Å². The van der Waals surface area contributed by atoms with Crippen LogP contribution in [0.2, 0.25) is 0 Å². The number of thiophene rings is 1. The lowest BCUT2D eigenvalue weighted by atomic mass is 9.69. The van der Waals surface area contributed by atoms with Crippen molar-refractivity contribution in [1.29, 1.82) is 0 Å². The average molecular weight is 293 g/mol. The van der Waals surface area contributed by atoms with Crippen LogP contribution in [0.4, 0.5) is 0 Å². The highest BCUT2D eigenvalue weighted by Crippen LogP contribution is 2.38. The van der Waals surface area contributed by atoms with Crippen LogP contribution in [0.15, 0.2) is 16.8 Å². The molecule has 0 bridgehead atoms. The molecule has 3 heteroatoms. The Balaban J connectivity index is 1.85. The Hall–Kier alpha value is -0.830. The second-order valence-corrected chi connectivity index (χ2v) is 7.84. The average Bonchev–Trinajstić information content (AvgIpc) is 2.89. The lowest BCUT2D eigenvalue weighted by molar-refractivity contribution is -0.122. The van der Waals surface area contributed by atoms with Crippen LogP contribution in [0.25, 0.3) is 0 Å². The van der Waals surface area contributed by atoms with Crippen LogP contribution in [0.3, 0.4) is 0 Å². The molecule has 1 fully saturated rings. The molecule has 1 heterocycles. The highest BCUT2D eigenvalue weighted by Gasteiger charge is 2.34. The number of carbonyl (C=O) groups is 1. The SMILES string of the molecule is CC(C)(C)C1CCCCC1NC(=O)CCc1ccsc1. The molecule has 1 amide bonds. The van der Waals surface area contributed by atoms with Gasteiger partial charge in [-0.3, -0.25) is 4.79 Å². The third-order valence-corrected chi connectivity index (χ3v) is 5.18. The summed E-state index contributed by atoms with van der Waals surface area (Å²) in [6.07, 6.45) is 6.43. The van der Waals surface area contributed by atoms with Gasteiger partial charge in [-0.25, -0.2) is 0 Å². The van der Waals surface area contributed by atoms with E-state index in [-0.39, 0.29) is 11.3 Å². The molecule has 0 aliphatic heterocycles. The van der Waals surface area contributed by atoms with E-state index in [1.54, 1.807) is 11.3 Å². The number of amides is 1. The molecule has 1 aromatic heterocycles.